The Balaban J connectivity index is 1.61. The highest BCUT2D eigenvalue weighted by atomic mass is 16.4. The predicted molar refractivity (Wildman–Crippen MR) is 69.4 cm³/mol. The Hall–Kier alpha value is -1.10. The van der Waals surface area contributed by atoms with Crippen LogP contribution < -0.4 is 10.2 Å². The van der Waals surface area contributed by atoms with Gasteiger partial charge in [0, 0.05) is 13.1 Å². The molecule has 1 aromatic heterocycles. The van der Waals surface area contributed by atoms with Crippen LogP contribution in [-0.4, -0.2) is 30.3 Å². The average molecular weight is 250 g/mol. The fourth-order valence-electron chi connectivity index (χ4n) is 3.39. The summed E-state index contributed by atoms with van der Waals surface area (Å²) >= 11 is 0. The van der Waals surface area contributed by atoms with Gasteiger partial charge in [0.15, 0.2) is 0 Å². The van der Waals surface area contributed by atoms with E-state index < -0.39 is 0 Å². The van der Waals surface area contributed by atoms with E-state index in [1.807, 2.05) is 7.05 Å². The fourth-order valence-corrected chi connectivity index (χ4v) is 3.39. The predicted octanol–water partition coefficient (Wildman–Crippen LogP) is 1.95. The van der Waals surface area contributed by atoms with Crippen molar-refractivity contribution in [3.8, 4) is 0 Å². The molecule has 5 nitrogen and oxygen atoms in total. The molecular weight excluding hydrogens is 228 g/mol. The van der Waals surface area contributed by atoms with Crippen molar-refractivity contribution >= 4 is 6.01 Å². The molecule has 3 rings (SSSR count). The van der Waals surface area contributed by atoms with Crippen molar-refractivity contribution in [2.24, 2.45) is 5.41 Å². The Morgan fingerprint density at radius 3 is 2.56 bits per heavy atom. The van der Waals surface area contributed by atoms with Gasteiger partial charge in [0.2, 0.25) is 5.89 Å². The van der Waals surface area contributed by atoms with Crippen molar-refractivity contribution in [2.75, 3.05) is 25.0 Å². The molecule has 0 aromatic carbocycles. The third-order valence-corrected chi connectivity index (χ3v) is 4.54. The molecular formula is C13H22N4O. The molecule has 0 unspecified atom stereocenters. The van der Waals surface area contributed by atoms with Gasteiger partial charge in [-0.2, -0.15) is 0 Å². The van der Waals surface area contributed by atoms with Gasteiger partial charge in [-0.05, 0) is 38.1 Å². The van der Waals surface area contributed by atoms with E-state index >= 15 is 0 Å². The summed E-state index contributed by atoms with van der Waals surface area (Å²) in [6.07, 6.45) is 8.28. The summed E-state index contributed by atoms with van der Waals surface area (Å²) in [4.78, 5) is 2.25. The smallest absolute Gasteiger partial charge is 0.318 e. The van der Waals surface area contributed by atoms with Gasteiger partial charge in [-0.15, -0.1) is 5.10 Å². The first kappa shape index (κ1) is 12.0. The van der Waals surface area contributed by atoms with Crippen molar-refractivity contribution in [3.63, 3.8) is 0 Å². The van der Waals surface area contributed by atoms with Crippen molar-refractivity contribution in [1.29, 1.82) is 0 Å². The molecule has 100 valence electrons. The zero-order valence-electron chi connectivity index (χ0n) is 11.1. The molecule has 1 saturated heterocycles. The number of hydrogen-bond donors (Lipinski definition) is 1. The maximum Gasteiger partial charge on any atom is 0.318 e. The third kappa shape index (κ3) is 2.23. The summed E-state index contributed by atoms with van der Waals surface area (Å²) < 4.78 is 5.66. The normalized spacial score (nSPS) is 22.8. The van der Waals surface area contributed by atoms with Gasteiger partial charge in [0.25, 0.3) is 0 Å². The number of piperidine rings is 1. The van der Waals surface area contributed by atoms with Crippen LogP contribution in [0.3, 0.4) is 0 Å². The molecule has 0 radical (unpaired) electrons. The second-order valence-corrected chi connectivity index (χ2v) is 5.70. The van der Waals surface area contributed by atoms with E-state index in [0.717, 1.165) is 13.1 Å². The Labute approximate surface area is 108 Å². The quantitative estimate of drug-likeness (QED) is 0.888. The monoisotopic (exact) mass is 250 g/mol. The lowest BCUT2D eigenvalue weighted by Crippen LogP contribution is -2.39. The van der Waals surface area contributed by atoms with Gasteiger partial charge in [0.1, 0.15) is 0 Å². The summed E-state index contributed by atoms with van der Waals surface area (Å²) in [6.45, 7) is 2.78. The second-order valence-electron chi connectivity index (χ2n) is 5.70. The number of nitrogens with zero attached hydrogens (tertiary/aromatic N) is 3. The van der Waals surface area contributed by atoms with Gasteiger partial charge in [-0.1, -0.05) is 17.9 Å². The zero-order chi connectivity index (χ0) is 12.4. The summed E-state index contributed by atoms with van der Waals surface area (Å²) in [6, 6.07) is 0.702. The first-order valence-electron chi connectivity index (χ1n) is 7.03. The van der Waals surface area contributed by atoms with Gasteiger partial charge < -0.3 is 14.6 Å². The molecule has 18 heavy (non-hydrogen) atoms. The standard InChI is InChI=1S/C13H22N4O/c1-14-10-11-15-16-12(18-11)17-8-6-13(7-9-17)4-2-3-5-13/h14H,2-10H2,1H3. The van der Waals surface area contributed by atoms with Crippen LogP contribution in [0.1, 0.15) is 44.4 Å². The molecule has 0 bridgehead atoms. The van der Waals surface area contributed by atoms with Gasteiger partial charge in [-0.25, -0.2) is 0 Å². The number of nitrogens with one attached hydrogen (secondary N) is 1. The molecule has 1 aliphatic heterocycles. The summed E-state index contributed by atoms with van der Waals surface area (Å²) in [5.74, 6) is 0.675. The molecule has 1 spiro atoms. The lowest BCUT2D eigenvalue weighted by atomic mass is 9.77. The van der Waals surface area contributed by atoms with Crippen molar-refractivity contribution in [3.05, 3.63) is 5.89 Å². The van der Waals surface area contributed by atoms with Crippen molar-refractivity contribution in [2.45, 2.75) is 45.1 Å². The lowest BCUT2D eigenvalue weighted by molar-refractivity contribution is 0.222. The third-order valence-electron chi connectivity index (χ3n) is 4.54. The minimum Gasteiger partial charge on any atom is -0.407 e. The van der Waals surface area contributed by atoms with Crippen molar-refractivity contribution in [1.82, 2.24) is 15.5 Å². The molecule has 5 heteroatoms. The SMILES string of the molecule is CNCc1nnc(N2CCC3(CCCC3)CC2)o1. The maximum atomic E-state index is 5.66. The summed E-state index contributed by atoms with van der Waals surface area (Å²) in [5, 5.41) is 11.2. The van der Waals surface area contributed by atoms with Gasteiger partial charge in [-0.3, -0.25) is 0 Å². The van der Waals surface area contributed by atoms with E-state index in [1.165, 1.54) is 38.5 Å². The lowest BCUT2D eigenvalue weighted by Gasteiger charge is -2.38. The summed E-state index contributed by atoms with van der Waals surface area (Å²) in [5.41, 5.74) is 0.643. The second kappa shape index (κ2) is 4.88. The Bertz CT molecular complexity index is 387. The van der Waals surface area contributed by atoms with Crippen LogP contribution in [-0.2, 0) is 6.54 Å². The average Bonchev–Trinajstić information content (AvgIpc) is 3.02. The van der Waals surface area contributed by atoms with Crippen LogP contribution in [0.4, 0.5) is 6.01 Å². The van der Waals surface area contributed by atoms with Gasteiger partial charge >= 0.3 is 6.01 Å². The van der Waals surface area contributed by atoms with E-state index in [1.54, 1.807) is 0 Å². The molecule has 0 amide bonds. The van der Waals surface area contributed by atoms with Crippen LogP contribution in [0.2, 0.25) is 0 Å². The molecule has 2 heterocycles. The molecule has 1 aromatic rings. The largest absolute Gasteiger partial charge is 0.407 e. The Morgan fingerprint density at radius 1 is 1.17 bits per heavy atom. The first-order chi connectivity index (χ1) is 8.81. The minimum absolute atomic E-state index is 0.643. The highest BCUT2D eigenvalue weighted by Gasteiger charge is 2.37. The number of aromatic nitrogens is 2. The van der Waals surface area contributed by atoms with Crippen LogP contribution in [0.5, 0.6) is 0 Å². The molecule has 1 N–H and O–H groups in total. The van der Waals surface area contributed by atoms with E-state index in [-0.39, 0.29) is 0 Å². The van der Waals surface area contributed by atoms with E-state index in [4.69, 9.17) is 4.42 Å². The molecule has 1 saturated carbocycles. The van der Waals surface area contributed by atoms with Crippen LogP contribution in [0.25, 0.3) is 0 Å². The number of rotatable bonds is 3. The highest BCUT2D eigenvalue weighted by Crippen LogP contribution is 2.46. The molecule has 1 aliphatic carbocycles. The van der Waals surface area contributed by atoms with Crippen LogP contribution in [0.15, 0.2) is 4.42 Å². The Morgan fingerprint density at radius 2 is 1.89 bits per heavy atom. The molecule has 0 atom stereocenters. The number of hydrogen-bond acceptors (Lipinski definition) is 5. The summed E-state index contributed by atoms with van der Waals surface area (Å²) in [7, 11) is 1.88. The van der Waals surface area contributed by atoms with Crippen LogP contribution in [0, 0.1) is 5.41 Å². The maximum absolute atomic E-state index is 5.66. The van der Waals surface area contributed by atoms with E-state index in [0.29, 0.717) is 23.9 Å². The van der Waals surface area contributed by atoms with Crippen LogP contribution >= 0.6 is 0 Å². The van der Waals surface area contributed by atoms with Crippen molar-refractivity contribution < 1.29 is 4.42 Å². The Kier molecular flexibility index (Phi) is 3.24. The first-order valence-corrected chi connectivity index (χ1v) is 7.03. The molecule has 2 aliphatic rings. The highest BCUT2D eigenvalue weighted by molar-refractivity contribution is 5.25. The fraction of sp³-hybridized carbons (Fsp3) is 0.846. The zero-order valence-corrected chi connectivity index (χ0v) is 11.1. The van der Waals surface area contributed by atoms with E-state index in [9.17, 15) is 0 Å². The minimum atomic E-state index is 0.643. The number of anilines is 1. The molecule has 2 fully saturated rings. The topological polar surface area (TPSA) is 54.2 Å². The van der Waals surface area contributed by atoms with Gasteiger partial charge in [0.05, 0.1) is 6.54 Å². The van der Waals surface area contributed by atoms with E-state index in [2.05, 4.69) is 20.4 Å².